The summed E-state index contributed by atoms with van der Waals surface area (Å²) in [5.74, 6) is 0. The van der Waals surface area contributed by atoms with Crippen molar-refractivity contribution < 1.29 is 13.2 Å². The van der Waals surface area contributed by atoms with Crippen LogP contribution in [0.15, 0.2) is 20.7 Å². The van der Waals surface area contributed by atoms with Crippen molar-refractivity contribution in [2.75, 3.05) is 0 Å². The number of hydrogen-bond donors (Lipinski definition) is 0. The first-order chi connectivity index (χ1) is 4.11. The van der Waals surface area contributed by atoms with Gasteiger partial charge < -0.3 is 0 Å². The van der Waals surface area contributed by atoms with Crippen LogP contribution >= 0.6 is 0 Å². The van der Waals surface area contributed by atoms with Gasteiger partial charge in [-0.05, 0) is 10.4 Å². The molecule has 0 radical (unpaired) electrons. The molecular formula is C2H2F3N4Na. The Bertz CT molecular complexity index is 150. The van der Waals surface area contributed by atoms with Gasteiger partial charge in [0.05, 0.1) is 0 Å². The van der Waals surface area contributed by atoms with Gasteiger partial charge in [0, 0.05) is 0 Å². The van der Waals surface area contributed by atoms with Crippen molar-refractivity contribution in [3.05, 3.63) is 0 Å². The third kappa shape index (κ3) is 2.31. The van der Waals surface area contributed by atoms with Gasteiger partial charge in [-0.25, -0.2) is 0 Å². The summed E-state index contributed by atoms with van der Waals surface area (Å²) in [5, 5.41) is 10.7. The summed E-state index contributed by atoms with van der Waals surface area (Å²) in [5.41, 5.74) is 0. The van der Waals surface area contributed by atoms with Gasteiger partial charge in [0.2, 0.25) is 0 Å². The minimum absolute atomic E-state index is 0. The molecule has 0 spiro atoms. The van der Waals surface area contributed by atoms with E-state index in [0.29, 0.717) is 0 Å². The Morgan fingerprint density at radius 1 is 1.00 bits per heavy atom. The minimum atomic E-state index is -4.44. The molecule has 0 N–H and O–H groups in total. The standard InChI is InChI=1S/C2HF3N4.Na.H/c3-2(4,5)1-6-8-9-7-1;;/h1H;;. The van der Waals surface area contributed by atoms with E-state index in [1.807, 2.05) is 0 Å². The number of hydrogen-bond acceptors (Lipinski definition) is 4. The molecule has 8 heteroatoms. The Balaban J connectivity index is 0.000000810. The molecule has 52 valence electrons. The zero-order valence-electron chi connectivity index (χ0n) is 4.00. The van der Waals surface area contributed by atoms with Gasteiger partial charge in [0.1, 0.15) is 0 Å². The molecule has 0 atom stereocenters. The Kier molecular flexibility index (Phi) is 3.40. The molecule has 0 aromatic rings. The van der Waals surface area contributed by atoms with E-state index in [2.05, 4.69) is 20.7 Å². The fourth-order valence-corrected chi connectivity index (χ4v) is 0.298. The van der Waals surface area contributed by atoms with Crippen LogP contribution < -0.4 is 0 Å². The zero-order valence-corrected chi connectivity index (χ0v) is 4.00. The van der Waals surface area contributed by atoms with Gasteiger partial charge in [0.15, 0.2) is 0 Å². The van der Waals surface area contributed by atoms with E-state index >= 15 is 0 Å². The van der Waals surface area contributed by atoms with Gasteiger partial charge in [-0.2, -0.15) is 13.2 Å². The molecule has 10 heavy (non-hydrogen) atoms. The zero-order chi connectivity index (χ0) is 6.91. The van der Waals surface area contributed by atoms with E-state index < -0.39 is 12.3 Å². The molecule has 0 saturated heterocycles. The molecule has 0 amide bonds. The second-order valence-corrected chi connectivity index (χ2v) is 1.33. The molecule has 0 aromatic carbocycles. The molecule has 0 saturated carbocycles. The predicted molar refractivity (Wildman–Crippen MR) is 26.7 cm³/mol. The molecular weight excluding hydrogens is 160 g/mol. The summed E-state index contributed by atoms with van der Waals surface area (Å²) in [6.45, 7) is 0. The Morgan fingerprint density at radius 3 is 1.60 bits per heavy atom. The molecule has 1 aliphatic rings. The van der Waals surface area contributed by atoms with Gasteiger partial charge >= 0.3 is 35.7 Å². The topological polar surface area (TPSA) is 49.4 Å². The number of rotatable bonds is 0. The van der Waals surface area contributed by atoms with Crippen molar-refractivity contribution in [2.24, 2.45) is 20.7 Å². The molecule has 0 aromatic heterocycles. The molecule has 4 nitrogen and oxygen atoms in total. The first kappa shape index (κ1) is 9.99. The van der Waals surface area contributed by atoms with Crippen molar-refractivity contribution in [3.8, 4) is 0 Å². The quantitative estimate of drug-likeness (QED) is 0.478. The van der Waals surface area contributed by atoms with E-state index in [0.717, 1.165) is 0 Å². The maximum atomic E-state index is 11.5. The van der Waals surface area contributed by atoms with Crippen LogP contribution in [0.25, 0.3) is 0 Å². The van der Waals surface area contributed by atoms with Crippen LogP contribution in [0.3, 0.4) is 0 Å². The number of alkyl halides is 3. The molecule has 1 aliphatic heterocycles. The molecule has 1 heterocycles. The average molecular weight is 162 g/mol. The van der Waals surface area contributed by atoms with Crippen LogP contribution in [0.4, 0.5) is 13.2 Å². The first-order valence-electron chi connectivity index (χ1n) is 1.97. The molecule has 0 unspecified atom stereocenters. The number of halogens is 3. The molecule has 0 bridgehead atoms. The molecule has 1 rings (SSSR count). The first-order valence-corrected chi connectivity index (χ1v) is 1.97. The Hall–Kier alpha value is -0.0100. The SMILES string of the molecule is FC(F)(F)C1N=NN=N1.[NaH]. The summed E-state index contributed by atoms with van der Waals surface area (Å²) in [6.07, 6.45) is -6.51. The average Bonchev–Trinajstić information content (AvgIpc) is 2.08. The van der Waals surface area contributed by atoms with Crippen LogP contribution in [0, 0.1) is 0 Å². The van der Waals surface area contributed by atoms with E-state index in [1.54, 1.807) is 0 Å². The summed E-state index contributed by atoms with van der Waals surface area (Å²) < 4.78 is 34.4. The summed E-state index contributed by atoms with van der Waals surface area (Å²) >= 11 is 0. The normalized spacial score (nSPS) is 17.5. The van der Waals surface area contributed by atoms with Crippen molar-refractivity contribution in [2.45, 2.75) is 12.3 Å². The number of nitrogens with zero attached hydrogens (tertiary/aromatic N) is 4. The molecule has 0 fully saturated rings. The predicted octanol–water partition coefficient (Wildman–Crippen LogP) is 1.06. The second kappa shape index (κ2) is 3.40. The third-order valence-corrected chi connectivity index (χ3v) is 0.655. The van der Waals surface area contributed by atoms with E-state index in [1.165, 1.54) is 0 Å². The van der Waals surface area contributed by atoms with Crippen LogP contribution in [-0.2, 0) is 0 Å². The fraction of sp³-hybridized carbons (Fsp3) is 1.00. The van der Waals surface area contributed by atoms with Crippen LogP contribution in [0.1, 0.15) is 0 Å². The van der Waals surface area contributed by atoms with Crippen molar-refractivity contribution >= 4 is 29.6 Å². The van der Waals surface area contributed by atoms with Crippen molar-refractivity contribution in [1.29, 1.82) is 0 Å². The summed E-state index contributed by atoms with van der Waals surface area (Å²) in [6, 6.07) is 0. The summed E-state index contributed by atoms with van der Waals surface area (Å²) in [4.78, 5) is 0. The Labute approximate surface area is 75.9 Å². The van der Waals surface area contributed by atoms with E-state index in [-0.39, 0.29) is 29.6 Å². The molecule has 0 aliphatic carbocycles. The van der Waals surface area contributed by atoms with Crippen LogP contribution in [0.5, 0.6) is 0 Å². The second-order valence-electron chi connectivity index (χ2n) is 1.33. The van der Waals surface area contributed by atoms with E-state index in [9.17, 15) is 13.2 Å². The fourth-order valence-electron chi connectivity index (χ4n) is 0.298. The van der Waals surface area contributed by atoms with Crippen molar-refractivity contribution in [1.82, 2.24) is 0 Å². The van der Waals surface area contributed by atoms with E-state index in [4.69, 9.17) is 0 Å². The van der Waals surface area contributed by atoms with Crippen LogP contribution in [-0.4, -0.2) is 41.9 Å². The van der Waals surface area contributed by atoms with Gasteiger partial charge in [-0.1, -0.05) is 0 Å². The monoisotopic (exact) mass is 162 g/mol. The Morgan fingerprint density at radius 2 is 1.40 bits per heavy atom. The van der Waals surface area contributed by atoms with Gasteiger partial charge in [-0.15, -0.1) is 10.2 Å². The third-order valence-electron chi connectivity index (χ3n) is 0.655. The summed E-state index contributed by atoms with van der Waals surface area (Å²) in [7, 11) is 0. The van der Waals surface area contributed by atoms with Gasteiger partial charge in [-0.3, -0.25) is 0 Å². The van der Waals surface area contributed by atoms with Crippen LogP contribution in [0.2, 0.25) is 0 Å². The van der Waals surface area contributed by atoms with Crippen molar-refractivity contribution in [3.63, 3.8) is 0 Å². The van der Waals surface area contributed by atoms with Gasteiger partial charge in [0.25, 0.3) is 6.17 Å². The maximum absolute atomic E-state index is 11.5.